The maximum atomic E-state index is 14.6. The van der Waals surface area contributed by atoms with E-state index in [0.717, 1.165) is 23.4 Å². The highest BCUT2D eigenvalue weighted by Gasteiger charge is 2.43. The number of thiocarbonyl (C=S) groups is 1. The molecule has 68 heavy (non-hydrogen) atoms. The van der Waals surface area contributed by atoms with Crippen molar-refractivity contribution in [2.45, 2.75) is 149 Å². The van der Waals surface area contributed by atoms with Crippen LogP contribution in [0, 0.1) is 23.7 Å². The van der Waals surface area contributed by atoms with Crippen molar-refractivity contribution in [3.8, 4) is 0 Å². The van der Waals surface area contributed by atoms with Crippen LogP contribution < -0.4 is 10.6 Å². The van der Waals surface area contributed by atoms with Gasteiger partial charge in [-0.05, 0) is 55.4 Å². The number of likely N-dealkylation sites (N-methyl/N-ethyl adjacent to an activating group) is 2. The Balaban J connectivity index is 1.42. The summed E-state index contributed by atoms with van der Waals surface area (Å²) in [6.45, 7) is 14.4. The average Bonchev–Trinajstić information content (AvgIpc) is 4.10. The number of amides is 6. The minimum Gasteiger partial charge on any atom is -0.379 e. The number of hydrogen-bond acceptors (Lipinski definition) is 11. The fraction of sp³-hybridized carbons (Fsp3) is 0.647. The predicted molar refractivity (Wildman–Crippen MR) is 269 cm³/mol. The molecule has 2 aromatic rings. The lowest BCUT2D eigenvalue weighted by molar-refractivity contribution is -0.148. The molecule has 0 spiro atoms. The number of unbranched alkanes of at least 4 members (excludes halogenated alkanes) is 2. The van der Waals surface area contributed by atoms with Gasteiger partial charge in [0.2, 0.25) is 23.6 Å². The number of benzene rings is 1. The Morgan fingerprint density at radius 1 is 0.912 bits per heavy atom. The summed E-state index contributed by atoms with van der Waals surface area (Å²) in [4.78, 5) is 91.9. The Kier molecular flexibility index (Phi) is 22.2. The van der Waals surface area contributed by atoms with Crippen molar-refractivity contribution in [2.75, 3.05) is 41.4 Å². The van der Waals surface area contributed by atoms with Crippen LogP contribution in [0.5, 0.6) is 0 Å². The highest BCUT2D eigenvalue weighted by molar-refractivity contribution is 7.80. The van der Waals surface area contributed by atoms with Crippen LogP contribution in [0.1, 0.15) is 116 Å². The van der Waals surface area contributed by atoms with Gasteiger partial charge in [-0.1, -0.05) is 104 Å². The van der Waals surface area contributed by atoms with Gasteiger partial charge in [-0.3, -0.25) is 33.7 Å². The highest BCUT2D eigenvalue weighted by atomic mass is 32.1. The normalized spacial score (nSPS) is 18.5. The quantitative estimate of drug-likeness (QED) is 0.0579. The van der Waals surface area contributed by atoms with Gasteiger partial charge in [0.05, 0.1) is 41.7 Å². The number of nitrogens with zero attached hydrogens (tertiary/aromatic N) is 5. The minimum absolute atomic E-state index is 0.0308. The van der Waals surface area contributed by atoms with Gasteiger partial charge in [0.1, 0.15) is 17.1 Å². The van der Waals surface area contributed by atoms with E-state index in [2.05, 4.69) is 27.8 Å². The lowest BCUT2D eigenvalue weighted by atomic mass is 9.89. The summed E-state index contributed by atoms with van der Waals surface area (Å²) in [5.41, 5.74) is 1.16. The molecular formula is C51H77N7O8S2. The molecule has 17 heteroatoms. The van der Waals surface area contributed by atoms with Gasteiger partial charge < -0.3 is 34.8 Å². The average molecular weight is 980 g/mol. The first-order valence-corrected chi connectivity index (χ1v) is 25.6. The zero-order valence-corrected chi connectivity index (χ0v) is 43.8. The van der Waals surface area contributed by atoms with Crippen molar-refractivity contribution < 1.29 is 38.2 Å². The van der Waals surface area contributed by atoms with E-state index >= 15 is 0 Å². The molecule has 1 fully saturated rings. The smallest absolute Gasteiger partial charge is 0.253 e. The van der Waals surface area contributed by atoms with Crippen LogP contribution in [-0.2, 0) is 44.7 Å². The molecule has 1 aromatic carbocycles. The fourth-order valence-electron chi connectivity index (χ4n) is 9.67. The van der Waals surface area contributed by atoms with E-state index < -0.39 is 30.1 Å². The Bertz CT molecular complexity index is 2000. The van der Waals surface area contributed by atoms with E-state index in [0.29, 0.717) is 43.6 Å². The number of imide groups is 1. The molecule has 0 radical (unpaired) electrons. The van der Waals surface area contributed by atoms with Crippen molar-refractivity contribution >= 4 is 64.0 Å². The van der Waals surface area contributed by atoms with Crippen LogP contribution in [0.25, 0.3) is 0 Å². The van der Waals surface area contributed by atoms with Gasteiger partial charge in [0, 0.05) is 77.5 Å². The van der Waals surface area contributed by atoms with Gasteiger partial charge in [0.15, 0.2) is 0 Å². The van der Waals surface area contributed by atoms with Crippen LogP contribution in [0.2, 0.25) is 0 Å². The van der Waals surface area contributed by atoms with E-state index in [1.54, 1.807) is 50.7 Å². The summed E-state index contributed by atoms with van der Waals surface area (Å²) in [5, 5.41) is 9.51. The molecule has 8 unspecified atom stereocenters. The summed E-state index contributed by atoms with van der Waals surface area (Å²) >= 11 is 7.64. The molecule has 6 amide bonds. The molecule has 1 aromatic heterocycles. The Labute approximate surface area is 414 Å². The summed E-state index contributed by atoms with van der Waals surface area (Å²) in [7, 11) is 6.56. The molecule has 9 atom stereocenters. The zero-order chi connectivity index (χ0) is 50.2. The second-order valence-corrected chi connectivity index (χ2v) is 20.5. The molecule has 0 bridgehead atoms. The van der Waals surface area contributed by atoms with Crippen molar-refractivity contribution in [1.29, 1.82) is 0 Å². The number of likely N-dealkylation sites (tertiary alicyclic amines) is 1. The number of rotatable bonds is 27. The summed E-state index contributed by atoms with van der Waals surface area (Å²) in [6.07, 6.45) is 8.17. The van der Waals surface area contributed by atoms with E-state index in [1.807, 2.05) is 76.9 Å². The van der Waals surface area contributed by atoms with Crippen LogP contribution >= 0.6 is 23.6 Å². The first kappa shape index (κ1) is 56.0. The molecule has 2 aliphatic heterocycles. The fourth-order valence-corrected chi connectivity index (χ4v) is 10.6. The van der Waals surface area contributed by atoms with Crippen LogP contribution in [0.15, 0.2) is 54.1 Å². The van der Waals surface area contributed by atoms with Crippen molar-refractivity contribution in [3.63, 3.8) is 0 Å². The van der Waals surface area contributed by atoms with Crippen LogP contribution in [-0.4, -0.2) is 143 Å². The third kappa shape index (κ3) is 14.7. The van der Waals surface area contributed by atoms with E-state index in [-0.39, 0.29) is 90.8 Å². The Morgan fingerprint density at radius 3 is 2.16 bits per heavy atom. The van der Waals surface area contributed by atoms with Crippen LogP contribution in [0.4, 0.5) is 0 Å². The van der Waals surface area contributed by atoms with Crippen LogP contribution in [0.3, 0.4) is 0 Å². The molecule has 0 saturated carbocycles. The second kappa shape index (κ2) is 27.0. The zero-order valence-electron chi connectivity index (χ0n) is 42.1. The molecule has 0 aliphatic carbocycles. The number of ether oxygens (including phenoxy) is 2. The predicted octanol–water partition coefficient (Wildman–Crippen LogP) is 6.37. The first-order chi connectivity index (χ1) is 32.4. The first-order valence-electron chi connectivity index (χ1n) is 24.3. The van der Waals surface area contributed by atoms with Gasteiger partial charge in [-0.15, -0.1) is 11.3 Å². The highest BCUT2D eigenvalue weighted by Crippen LogP contribution is 2.31. The number of nitrogens with one attached hydrogen (secondary N) is 2. The lowest BCUT2D eigenvalue weighted by Gasteiger charge is -2.41. The number of thiazole rings is 1. The molecular weight excluding hydrogens is 903 g/mol. The van der Waals surface area contributed by atoms with Crippen molar-refractivity contribution in [3.05, 3.63) is 64.6 Å². The molecule has 2 aliphatic rings. The molecule has 2 N–H and O–H groups in total. The maximum Gasteiger partial charge on any atom is 0.253 e. The number of hydrogen-bond donors (Lipinski definition) is 2. The molecule has 4 rings (SSSR count). The number of carbonyl (C=O) groups is 6. The standard InChI is InChI=1S/C51H77N7O8S2/c1-12-34(6)46(56(9)51(64)44(32(2)3)54-48(63)45(33(4)5)55(8)40(59)23-17-14-18-27-58-41(60)24-25-42(58)61)39(65-10)31-43(62)57-28-19-22-38(57)47(66-11)35(7)49(67)53-37(50-52-26-29-68-50)30-36-20-15-13-16-21-36/h13,15-16,20-21,24-26,29,32-35,37-39,44-47H,12,14,17-19,22-23,27-28,30-31H2,1-11H3,(H,53,67)(H,54,63)/t34?,35?,37?,38-,39?,44?,45?,46?,47?/m0/s1. The maximum absolute atomic E-state index is 14.6. The van der Waals surface area contributed by atoms with E-state index in [4.69, 9.17) is 21.7 Å². The number of methoxy groups -OCH3 is 2. The summed E-state index contributed by atoms with van der Waals surface area (Å²) in [6, 6.07) is 7.60. The topological polar surface area (TPSA) is 171 Å². The number of aromatic nitrogens is 1. The molecule has 3 heterocycles. The monoisotopic (exact) mass is 980 g/mol. The lowest BCUT2D eigenvalue weighted by Crippen LogP contribution is -2.60. The van der Waals surface area contributed by atoms with Crippen molar-refractivity contribution in [2.24, 2.45) is 23.7 Å². The number of carbonyl (C=O) groups excluding carboxylic acids is 6. The van der Waals surface area contributed by atoms with Crippen molar-refractivity contribution in [1.82, 2.24) is 35.2 Å². The molecule has 376 valence electrons. The third-order valence-electron chi connectivity index (χ3n) is 13.7. The largest absolute Gasteiger partial charge is 0.379 e. The Morgan fingerprint density at radius 2 is 1.59 bits per heavy atom. The minimum atomic E-state index is -0.922. The van der Waals surface area contributed by atoms with Gasteiger partial charge in [0.25, 0.3) is 11.8 Å². The van der Waals surface area contributed by atoms with Gasteiger partial charge in [-0.2, -0.15) is 0 Å². The van der Waals surface area contributed by atoms with E-state index in [9.17, 15) is 28.8 Å². The Hall–Kier alpha value is -4.58. The molecule has 15 nitrogen and oxygen atoms in total. The van der Waals surface area contributed by atoms with Gasteiger partial charge >= 0.3 is 0 Å². The SMILES string of the molecule is CCC(C)C(C(CC(=O)N1CCC[C@H]1C(OC)C(C)C(=S)NC(Cc1ccccc1)c1nccs1)OC)N(C)C(=O)C(NC(=O)C(C(C)C)N(C)C(=O)CCCCCN1C(=O)C=CC1=O)C(C)C. The summed E-state index contributed by atoms with van der Waals surface area (Å²) < 4.78 is 12.3. The second-order valence-electron chi connectivity index (χ2n) is 19.1. The summed E-state index contributed by atoms with van der Waals surface area (Å²) in [5.74, 6) is -2.58. The van der Waals surface area contributed by atoms with E-state index in [1.165, 1.54) is 22.0 Å². The molecule has 1 saturated heterocycles. The van der Waals surface area contributed by atoms with Gasteiger partial charge in [-0.25, -0.2) is 4.98 Å². The third-order valence-corrected chi connectivity index (χ3v) is 15.1.